The highest BCUT2D eigenvalue weighted by atomic mass is 19.4. The van der Waals surface area contributed by atoms with Crippen LogP contribution in [0.3, 0.4) is 0 Å². The first kappa shape index (κ1) is 22.3. The van der Waals surface area contributed by atoms with Crippen LogP contribution in [0.4, 0.5) is 13.2 Å². The molecular formula is C21H25F3N4O. The highest BCUT2D eigenvalue weighted by molar-refractivity contribution is 5.86. The van der Waals surface area contributed by atoms with E-state index in [0.29, 0.717) is 18.1 Å². The van der Waals surface area contributed by atoms with E-state index in [2.05, 4.69) is 15.6 Å². The zero-order valence-electron chi connectivity index (χ0n) is 16.7. The summed E-state index contributed by atoms with van der Waals surface area (Å²) in [4.78, 5) is 17.7. The van der Waals surface area contributed by atoms with Crippen molar-refractivity contribution in [3.05, 3.63) is 70.8 Å². The molecule has 8 heteroatoms. The molecule has 0 aliphatic rings. The average Bonchev–Trinajstić information content (AvgIpc) is 2.67. The summed E-state index contributed by atoms with van der Waals surface area (Å²) in [5, 5.41) is 6.06. The summed E-state index contributed by atoms with van der Waals surface area (Å²) in [6, 6.07) is 12.9. The zero-order valence-corrected chi connectivity index (χ0v) is 16.7. The second-order valence-corrected chi connectivity index (χ2v) is 6.78. The SMILES string of the molecule is Cc1ccccc1CNC(=NCc1cccc(C(F)(F)F)c1)NCC(=O)N(C)C. The number of carbonyl (C=O) groups is 1. The van der Waals surface area contributed by atoms with Gasteiger partial charge in [0.2, 0.25) is 5.91 Å². The number of guanidine groups is 1. The van der Waals surface area contributed by atoms with Crippen LogP contribution in [0.25, 0.3) is 0 Å². The largest absolute Gasteiger partial charge is 0.416 e. The molecule has 2 rings (SSSR count). The van der Waals surface area contributed by atoms with Crippen LogP contribution in [0, 0.1) is 6.92 Å². The molecule has 2 aromatic carbocycles. The minimum atomic E-state index is -4.40. The van der Waals surface area contributed by atoms with Crippen LogP contribution >= 0.6 is 0 Å². The molecule has 5 nitrogen and oxygen atoms in total. The lowest BCUT2D eigenvalue weighted by Crippen LogP contribution is -2.42. The maximum atomic E-state index is 12.9. The van der Waals surface area contributed by atoms with E-state index in [4.69, 9.17) is 0 Å². The van der Waals surface area contributed by atoms with Crippen molar-refractivity contribution in [3.63, 3.8) is 0 Å². The summed E-state index contributed by atoms with van der Waals surface area (Å²) in [5.41, 5.74) is 1.87. The van der Waals surface area contributed by atoms with Gasteiger partial charge in [-0.05, 0) is 35.7 Å². The van der Waals surface area contributed by atoms with Gasteiger partial charge < -0.3 is 15.5 Å². The molecule has 0 atom stereocenters. The lowest BCUT2D eigenvalue weighted by molar-refractivity contribution is -0.137. The molecule has 0 aromatic heterocycles. The van der Waals surface area contributed by atoms with E-state index in [9.17, 15) is 18.0 Å². The number of amides is 1. The number of hydrogen-bond acceptors (Lipinski definition) is 2. The van der Waals surface area contributed by atoms with E-state index in [0.717, 1.165) is 23.3 Å². The third-order valence-corrected chi connectivity index (χ3v) is 4.29. The quantitative estimate of drug-likeness (QED) is 0.572. The number of nitrogens with one attached hydrogen (secondary N) is 2. The summed E-state index contributed by atoms with van der Waals surface area (Å²) in [6.07, 6.45) is -4.40. The topological polar surface area (TPSA) is 56.7 Å². The fourth-order valence-electron chi connectivity index (χ4n) is 2.50. The number of carbonyl (C=O) groups excluding carboxylic acids is 1. The first-order valence-electron chi connectivity index (χ1n) is 9.10. The lowest BCUT2D eigenvalue weighted by atomic mass is 10.1. The van der Waals surface area contributed by atoms with Gasteiger partial charge in [0, 0.05) is 20.6 Å². The van der Waals surface area contributed by atoms with Crippen molar-refractivity contribution >= 4 is 11.9 Å². The molecule has 0 aliphatic heterocycles. The Bertz CT molecular complexity index is 863. The van der Waals surface area contributed by atoms with Crippen LogP contribution in [0.1, 0.15) is 22.3 Å². The Morgan fingerprint density at radius 1 is 1.07 bits per heavy atom. The number of nitrogens with zero attached hydrogens (tertiary/aromatic N) is 2. The number of benzene rings is 2. The summed E-state index contributed by atoms with van der Waals surface area (Å²) in [7, 11) is 3.29. The number of aryl methyl sites for hydroxylation is 1. The number of aliphatic imine (C=N–C) groups is 1. The molecule has 156 valence electrons. The molecule has 0 radical (unpaired) electrons. The second-order valence-electron chi connectivity index (χ2n) is 6.78. The Kier molecular flexibility index (Phi) is 7.64. The molecule has 0 saturated heterocycles. The van der Waals surface area contributed by atoms with E-state index >= 15 is 0 Å². The van der Waals surface area contributed by atoms with Crippen molar-refractivity contribution in [3.8, 4) is 0 Å². The highest BCUT2D eigenvalue weighted by Gasteiger charge is 2.30. The molecule has 1 amide bonds. The predicted octanol–water partition coefficient (Wildman–Crippen LogP) is 3.34. The minimum absolute atomic E-state index is 0.0230. The van der Waals surface area contributed by atoms with E-state index in [-0.39, 0.29) is 19.0 Å². The summed E-state index contributed by atoms with van der Waals surface area (Å²) in [5.74, 6) is 0.204. The highest BCUT2D eigenvalue weighted by Crippen LogP contribution is 2.29. The molecule has 0 bridgehead atoms. The van der Waals surface area contributed by atoms with Gasteiger partial charge in [0.1, 0.15) is 0 Å². The number of rotatable bonds is 6. The lowest BCUT2D eigenvalue weighted by Gasteiger charge is -2.16. The fourth-order valence-corrected chi connectivity index (χ4v) is 2.50. The number of hydrogen-bond donors (Lipinski definition) is 2. The first-order chi connectivity index (χ1) is 13.7. The molecule has 2 N–H and O–H groups in total. The van der Waals surface area contributed by atoms with E-state index in [1.807, 2.05) is 31.2 Å². The molecule has 0 heterocycles. The van der Waals surface area contributed by atoms with Gasteiger partial charge in [-0.25, -0.2) is 4.99 Å². The second kappa shape index (κ2) is 9.95. The van der Waals surface area contributed by atoms with Crippen LogP contribution in [-0.4, -0.2) is 37.4 Å². The van der Waals surface area contributed by atoms with Gasteiger partial charge in [-0.2, -0.15) is 13.2 Å². The molecule has 0 fully saturated rings. The van der Waals surface area contributed by atoms with Gasteiger partial charge in [-0.3, -0.25) is 4.79 Å². The third kappa shape index (κ3) is 7.14. The van der Waals surface area contributed by atoms with Crippen LogP contribution in [-0.2, 0) is 24.1 Å². The van der Waals surface area contributed by atoms with E-state index < -0.39 is 11.7 Å². The molecule has 0 saturated carbocycles. The van der Waals surface area contributed by atoms with Crippen LogP contribution in [0.15, 0.2) is 53.5 Å². The Hall–Kier alpha value is -3.03. The minimum Gasteiger partial charge on any atom is -0.352 e. The van der Waals surface area contributed by atoms with Crippen LogP contribution < -0.4 is 10.6 Å². The molecule has 0 aliphatic carbocycles. The van der Waals surface area contributed by atoms with Gasteiger partial charge in [-0.15, -0.1) is 0 Å². The molecule has 0 spiro atoms. The molecule has 2 aromatic rings. The first-order valence-corrected chi connectivity index (χ1v) is 9.10. The predicted molar refractivity (Wildman–Crippen MR) is 107 cm³/mol. The van der Waals surface area contributed by atoms with Crippen molar-refractivity contribution < 1.29 is 18.0 Å². The number of likely N-dealkylation sites (N-methyl/N-ethyl adjacent to an activating group) is 1. The third-order valence-electron chi connectivity index (χ3n) is 4.29. The average molecular weight is 406 g/mol. The normalized spacial score (nSPS) is 11.9. The Labute approximate surface area is 168 Å². The Morgan fingerprint density at radius 3 is 2.45 bits per heavy atom. The van der Waals surface area contributed by atoms with Crippen LogP contribution in [0.5, 0.6) is 0 Å². The Morgan fingerprint density at radius 2 is 1.79 bits per heavy atom. The van der Waals surface area contributed by atoms with Crippen molar-refractivity contribution in [2.24, 2.45) is 4.99 Å². The van der Waals surface area contributed by atoms with Gasteiger partial charge >= 0.3 is 6.18 Å². The molecule has 29 heavy (non-hydrogen) atoms. The summed E-state index contributed by atoms with van der Waals surface area (Å²) < 4.78 is 38.7. The van der Waals surface area contributed by atoms with Gasteiger partial charge in [0.15, 0.2) is 5.96 Å². The standard InChI is InChI=1S/C21H25F3N4O/c1-15-7-4-5-9-17(15)13-26-20(27-14-19(29)28(2)3)25-12-16-8-6-10-18(11-16)21(22,23)24/h4-11H,12-14H2,1-3H3,(H2,25,26,27). The van der Waals surface area contributed by atoms with Gasteiger partial charge in [0.25, 0.3) is 0 Å². The van der Waals surface area contributed by atoms with Gasteiger partial charge in [-0.1, -0.05) is 36.4 Å². The maximum Gasteiger partial charge on any atom is 0.416 e. The van der Waals surface area contributed by atoms with E-state index in [1.165, 1.54) is 11.0 Å². The van der Waals surface area contributed by atoms with E-state index in [1.54, 1.807) is 20.2 Å². The van der Waals surface area contributed by atoms with Crippen LogP contribution in [0.2, 0.25) is 0 Å². The number of halogens is 3. The van der Waals surface area contributed by atoms with Crippen molar-refractivity contribution in [1.29, 1.82) is 0 Å². The van der Waals surface area contributed by atoms with Crippen molar-refractivity contribution in [1.82, 2.24) is 15.5 Å². The van der Waals surface area contributed by atoms with Crippen molar-refractivity contribution in [2.75, 3.05) is 20.6 Å². The number of alkyl halides is 3. The fraction of sp³-hybridized carbons (Fsp3) is 0.333. The van der Waals surface area contributed by atoms with Gasteiger partial charge in [0.05, 0.1) is 18.7 Å². The Balaban J connectivity index is 2.13. The summed E-state index contributed by atoms with van der Waals surface area (Å²) >= 11 is 0. The molecular weight excluding hydrogens is 381 g/mol. The molecule has 0 unspecified atom stereocenters. The monoisotopic (exact) mass is 406 g/mol. The maximum absolute atomic E-state index is 12.9. The van der Waals surface area contributed by atoms with Crippen molar-refractivity contribution in [2.45, 2.75) is 26.2 Å². The summed E-state index contributed by atoms with van der Waals surface area (Å²) in [6.45, 7) is 2.52. The smallest absolute Gasteiger partial charge is 0.352 e. The zero-order chi connectivity index (χ0) is 21.4.